The maximum absolute atomic E-state index is 14.4. The minimum atomic E-state index is -0.603. The van der Waals surface area contributed by atoms with Crippen molar-refractivity contribution in [3.63, 3.8) is 0 Å². The quantitative estimate of drug-likeness (QED) is 0.483. The molecule has 6 rings (SSSR count). The Kier molecular flexibility index (Phi) is 7.85. The number of pyridine rings is 1. The molecule has 0 bridgehead atoms. The molecule has 3 atom stereocenters. The van der Waals surface area contributed by atoms with E-state index in [-0.39, 0.29) is 67.7 Å². The van der Waals surface area contributed by atoms with Gasteiger partial charge >= 0.3 is 0 Å². The molecule has 5 heterocycles. The lowest BCUT2D eigenvalue weighted by atomic mass is 10.1. The summed E-state index contributed by atoms with van der Waals surface area (Å²) in [4.78, 5) is 49.7. The van der Waals surface area contributed by atoms with Gasteiger partial charge in [-0.3, -0.25) is 24.0 Å². The van der Waals surface area contributed by atoms with E-state index < -0.39 is 23.9 Å². The van der Waals surface area contributed by atoms with Crippen molar-refractivity contribution in [2.75, 3.05) is 45.9 Å². The Morgan fingerprint density at radius 1 is 1.12 bits per heavy atom. The molecule has 3 amide bonds. The lowest BCUT2D eigenvalue weighted by Crippen LogP contribution is -2.59. The zero-order valence-electron chi connectivity index (χ0n) is 23.2. The predicted molar refractivity (Wildman–Crippen MR) is 147 cm³/mol. The molecular weight excluding hydrogens is 545 g/mol. The summed E-state index contributed by atoms with van der Waals surface area (Å²) in [5, 5.41) is 7.29. The highest BCUT2D eigenvalue weighted by molar-refractivity contribution is 5.96. The van der Waals surface area contributed by atoms with Gasteiger partial charge in [-0.1, -0.05) is 12.1 Å². The number of aryl methyl sites for hydroxylation is 1. The number of halogens is 1. The van der Waals surface area contributed by atoms with Gasteiger partial charge in [-0.2, -0.15) is 5.10 Å². The molecular formula is C29H32FN7O5. The van der Waals surface area contributed by atoms with Gasteiger partial charge < -0.3 is 24.6 Å². The van der Waals surface area contributed by atoms with Crippen LogP contribution in [-0.4, -0.2) is 111 Å². The third kappa shape index (κ3) is 5.83. The van der Waals surface area contributed by atoms with Gasteiger partial charge in [0, 0.05) is 64.3 Å². The van der Waals surface area contributed by atoms with Gasteiger partial charge in [0.05, 0.1) is 29.9 Å². The molecule has 0 spiro atoms. The number of hydrogen-bond donors (Lipinski definition) is 1. The van der Waals surface area contributed by atoms with Crippen LogP contribution in [-0.2, 0) is 23.1 Å². The number of benzene rings is 1. The Morgan fingerprint density at radius 2 is 1.98 bits per heavy atom. The third-order valence-electron chi connectivity index (χ3n) is 7.87. The number of carbonyl (C=O) groups is 3. The fourth-order valence-corrected chi connectivity index (χ4v) is 5.78. The van der Waals surface area contributed by atoms with Gasteiger partial charge in [0.1, 0.15) is 24.6 Å². The summed E-state index contributed by atoms with van der Waals surface area (Å²) >= 11 is 0. The van der Waals surface area contributed by atoms with Crippen LogP contribution in [0, 0.1) is 5.82 Å². The molecule has 3 aliphatic rings. The Balaban J connectivity index is 1.24. The second-order valence-electron chi connectivity index (χ2n) is 10.8. The smallest absolute Gasteiger partial charge is 0.257 e. The standard InChI is InChI=1S/C29H32FN7O5/c1-34-12-19(11-32-34)13-35-15-24-25(16-35)41-18-26(38)37-10-9-36(29(40)21-5-2-3-7-23(21)30)14-20(37)17-42-28-22(27(39)33-24)6-4-8-31-28/h2-8,11-12,20,24-25H,9-10,13-18H2,1H3,(H,33,39)/t20-,24+,25-/m0/s1. The first-order valence-electron chi connectivity index (χ1n) is 13.9. The molecule has 42 heavy (non-hydrogen) atoms. The second kappa shape index (κ2) is 11.9. The van der Waals surface area contributed by atoms with Crippen LogP contribution >= 0.6 is 0 Å². The summed E-state index contributed by atoms with van der Waals surface area (Å²) in [6, 6.07) is 8.17. The third-order valence-corrected chi connectivity index (χ3v) is 7.87. The molecule has 3 aromatic rings. The average Bonchev–Trinajstić information content (AvgIpc) is 3.58. The Bertz CT molecular complexity index is 1480. The van der Waals surface area contributed by atoms with Crippen LogP contribution in [0.25, 0.3) is 0 Å². The number of piperazine rings is 1. The highest BCUT2D eigenvalue weighted by Crippen LogP contribution is 2.23. The number of nitrogens with one attached hydrogen (secondary N) is 1. The van der Waals surface area contributed by atoms with Crippen LogP contribution in [0.4, 0.5) is 4.39 Å². The molecule has 0 saturated carbocycles. The topological polar surface area (TPSA) is 122 Å². The number of rotatable bonds is 3. The largest absolute Gasteiger partial charge is 0.475 e. The maximum atomic E-state index is 14.4. The first-order chi connectivity index (χ1) is 20.4. The Morgan fingerprint density at radius 3 is 2.79 bits per heavy atom. The van der Waals surface area contributed by atoms with Crippen molar-refractivity contribution >= 4 is 17.7 Å². The van der Waals surface area contributed by atoms with Gasteiger partial charge in [-0.05, 0) is 24.3 Å². The number of carbonyl (C=O) groups excluding carboxylic acids is 3. The number of aromatic nitrogens is 3. The summed E-state index contributed by atoms with van der Waals surface area (Å²) in [6.45, 7) is 2.02. The molecule has 13 heteroatoms. The van der Waals surface area contributed by atoms with Gasteiger partial charge in [0.25, 0.3) is 11.8 Å². The summed E-state index contributed by atoms with van der Waals surface area (Å²) in [6.07, 6.45) is 4.83. The van der Waals surface area contributed by atoms with Gasteiger partial charge in [0.15, 0.2) is 0 Å². The van der Waals surface area contributed by atoms with E-state index in [1.165, 1.54) is 29.3 Å². The first-order valence-corrected chi connectivity index (χ1v) is 13.9. The van der Waals surface area contributed by atoms with Crippen LogP contribution in [0.1, 0.15) is 26.3 Å². The molecule has 1 aromatic carbocycles. The minimum absolute atomic E-state index is 0.0180. The molecule has 0 unspecified atom stereocenters. The van der Waals surface area contributed by atoms with Gasteiger partial charge in [-0.15, -0.1) is 0 Å². The van der Waals surface area contributed by atoms with Crippen molar-refractivity contribution in [2.24, 2.45) is 7.05 Å². The first kappa shape index (κ1) is 27.8. The number of fused-ring (bicyclic) bond motifs is 3. The predicted octanol–water partition coefficient (Wildman–Crippen LogP) is 0.699. The second-order valence-corrected chi connectivity index (χ2v) is 10.8. The van der Waals surface area contributed by atoms with E-state index in [0.29, 0.717) is 19.6 Å². The molecule has 220 valence electrons. The maximum Gasteiger partial charge on any atom is 0.257 e. The zero-order valence-corrected chi connectivity index (χ0v) is 23.2. The van der Waals surface area contributed by atoms with Crippen molar-refractivity contribution in [1.29, 1.82) is 0 Å². The normalized spacial score (nSPS) is 23.4. The van der Waals surface area contributed by atoms with Crippen molar-refractivity contribution in [3.05, 3.63) is 77.5 Å². The van der Waals surface area contributed by atoms with E-state index in [1.54, 1.807) is 34.0 Å². The Labute approximate surface area is 242 Å². The van der Waals surface area contributed by atoms with E-state index in [0.717, 1.165) is 5.56 Å². The molecule has 3 aliphatic heterocycles. The molecule has 0 aliphatic carbocycles. The number of amides is 3. The minimum Gasteiger partial charge on any atom is -0.475 e. The lowest BCUT2D eigenvalue weighted by molar-refractivity contribution is -0.143. The summed E-state index contributed by atoms with van der Waals surface area (Å²) in [7, 11) is 1.86. The molecule has 12 nitrogen and oxygen atoms in total. The molecule has 1 N–H and O–H groups in total. The van der Waals surface area contributed by atoms with Crippen LogP contribution < -0.4 is 10.1 Å². The number of hydrogen-bond acceptors (Lipinski definition) is 8. The van der Waals surface area contributed by atoms with Crippen molar-refractivity contribution in [1.82, 2.24) is 34.8 Å². The van der Waals surface area contributed by atoms with E-state index in [1.807, 2.05) is 13.2 Å². The Hall–Kier alpha value is -4.36. The van der Waals surface area contributed by atoms with Crippen molar-refractivity contribution in [3.8, 4) is 5.88 Å². The van der Waals surface area contributed by atoms with Crippen LogP contribution in [0.15, 0.2) is 55.0 Å². The molecule has 2 saturated heterocycles. The van der Waals surface area contributed by atoms with Gasteiger partial charge in [-0.25, -0.2) is 9.37 Å². The van der Waals surface area contributed by atoms with Crippen LogP contribution in [0.3, 0.4) is 0 Å². The number of ether oxygens (including phenoxy) is 2. The number of nitrogens with zero attached hydrogens (tertiary/aromatic N) is 6. The summed E-state index contributed by atoms with van der Waals surface area (Å²) in [5.74, 6) is -1.55. The number of likely N-dealkylation sites (tertiary alicyclic amines) is 1. The molecule has 2 aromatic heterocycles. The monoisotopic (exact) mass is 577 g/mol. The van der Waals surface area contributed by atoms with E-state index >= 15 is 0 Å². The van der Waals surface area contributed by atoms with Crippen LogP contribution in [0.5, 0.6) is 5.88 Å². The van der Waals surface area contributed by atoms with E-state index in [2.05, 4.69) is 20.3 Å². The lowest BCUT2D eigenvalue weighted by Gasteiger charge is -2.41. The average molecular weight is 578 g/mol. The summed E-state index contributed by atoms with van der Waals surface area (Å²) < 4.78 is 28.3. The molecule has 2 fully saturated rings. The zero-order chi connectivity index (χ0) is 29.2. The fraction of sp³-hybridized carbons (Fsp3) is 0.414. The van der Waals surface area contributed by atoms with E-state index in [4.69, 9.17) is 9.47 Å². The summed E-state index contributed by atoms with van der Waals surface area (Å²) in [5.41, 5.74) is 1.26. The van der Waals surface area contributed by atoms with Crippen molar-refractivity contribution in [2.45, 2.75) is 24.7 Å². The highest BCUT2D eigenvalue weighted by atomic mass is 19.1. The highest BCUT2D eigenvalue weighted by Gasteiger charge is 2.39. The fourth-order valence-electron chi connectivity index (χ4n) is 5.78. The SMILES string of the molecule is Cn1cc(CN2C[C@@H]3OCC(=O)N4CCN(C(=O)c5ccccc5F)C[C@H]4COc4ncccc4C(=O)N[C@@H]3C2)cn1. The molecule has 0 radical (unpaired) electrons. The van der Waals surface area contributed by atoms with Gasteiger partial charge in [0.2, 0.25) is 11.8 Å². The van der Waals surface area contributed by atoms with E-state index in [9.17, 15) is 18.8 Å². The van der Waals surface area contributed by atoms with Crippen molar-refractivity contribution < 1.29 is 28.2 Å². The van der Waals surface area contributed by atoms with Crippen LogP contribution in [0.2, 0.25) is 0 Å².